The summed E-state index contributed by atoms with van der Waals surface area (Å²) in [6.07, 6.45) is 2.92. The van der Waals surface area contributed by atoms with Crippen LogP contribution in [0, 0.1) is 13.8 Å². The molecule has 0 radical (unpaired) electrons. The van der Waals surface area contributed by atoms with Gasteiger partial charge in [-0.15, -0.1) is 0 Å². The number of nitrogens with zero attached hydrogens (tertiary/aromatic N) is 3. The van der Waals surface area contributed by atoms with Gasteiger partial charge in [-0.2, -0.15) is 4.98 Å². The summed E-state index contributed by atoms with van der Waals surface area (Å²) < 4.78 is 10.2. The molecule has 1 saturated heterocycles. The van der Waals surface area contributed by atoms with Gasteiger partial charge < -0.3 is 19.5 Å². The Labute approximate surface area is 149 Å². The first kappa shape index (κ1) is 17.9. The largest absolute Gasteiger partial charge is 0.384 e. The summed E-state index contributed by atoms with van der Waals surface area (Å²) >= 11 is 0. The predicted molar refractivity (Wildman–Crippen MR) is 97.9 cm³/mol. The summed E-state index contributed by atoms with van der Waals surface area (Å²) in [6.45, 7) is 7.81. The number of hydrogen-bond acceptors (Lipinski definition) is 6. The van der Waals surface area contributed by atoms with Gasteiger partial charge in [0.25, 0.3) is 0 Å². The summed E-state index contributed by atoms with van der Waals surface area (Å²) in [5, 5.41) is 7.59. The fourth-order valence-electron chi connectivity index (χ4n) is 3.29. The highest BCUT2D eigenvalue weighted by atomic mass is 16.5. The summed E-state index contributed by atoms with van der Waals surface area (Å²) in [5.74, 6) is 1.37. The van der Waals surface area contributed by atoms with E-state index in [1.807, 2.05) is 0 Å². The number of methoxy groups -OCH3 is 1. The smallest absolute Gasteiger partial charge is 0.229 e. The monoisotopic (exact) mass is 344 g/mol. The van der Waals surface area contributed by atoms with E-state index in [2.05, 4.69) is 52.4 Å². The minimum atomic E-state index is 0.502. The highest BCUT2D eigenvalue weighted by molar-refractivity contribution is 5.56. The third-order valence-corrected chi connectivity index (χ3v) is 4.99. The fourth-order valence-corrected chi connectivity index (χ4v) is 3.29. The van der Waals surface area contributed by atoms with E-state index in [0.29, 0.717) is 31.5 Å². The lowest BCUT2D eigenvalue weighted by Crippen LogP contribution is -2.42. The molecule has 0 aliphatic carbocycles. The van der Waals surface area contributed by atoms with Crippen LogP contribution in [0.1, 0.15) is 35.7 Å². The Balaban J connectivity index is 1.46. The Morgan fingerprint density at radius 3 is 2.84 bits per heavy atom. The van der Waals surface area contributed by atoms with Crippen molar-refractivity contribution >= 4 is 5.69 Å². The first-order chi connectivity index (χ1) is 12.2. The van der Waals surface area contributed by atoms with E-state index < -0.39 is 0 Å². The maximum atomic E-state index is 5.22. The van der Waals surface area contributed by atoms with Crippen LogP contribution in [0.25, 0.3) is 0 Å². The first-order valence-electron chi connectivity index (χ1n) is 9.02. The molecule has 1 aromatic carbocycles. The number of nitrogens with one attached hydrogen (secondary N) is 1. The van der Waals surface area contributed by atoms with Crippen LogP contribution in [0.4, 0.5) is 5.69 Å². The number of hydrogen-bond donors (Lipinski definition) is 1. The molecule has 6 nitrogen and oxygen atoms in total. The van der Waals surface area contributed by atoms with Gasteiger partial charge in [-0.25, -0.2) is 0 Å². The van der Waals surface area contributed by atoms with Crippen LogP contribution in [0.2, 0.25) is 0 Å². The van der Waals surface area contributed by atoms with Crippen molar-refractivity contribution in [3.05, 3.63) is 41.0 Å². The normalized spacial score (nSPS) is 15.7. The summed E-state index contributed by atoms with van der Waals surface area (Å²) in [6, 6.07) is 7.07. The van der Waals surface area contributed by atoms with Gasteiger partial charge in [0.1, 0.15) is 0 Å². The summed E-state index contributed by atoms with van der Waals surface area (Å²) in [5.41, 5.74) is 4.13. The molecule has 0 spiro atoms. The van der Waals surface area contributed by atoms with E-state index in [-0.39, 0.29) is 0 Å². The van der Waals surface area contributed by atoms with E-state index in [1.54, 1.807) is 7.11 Å². The number of piperidine rings is 1. The predicted octanol–water partition coefficient (Wildman–Crippen LogP) is 2.63. The van der Waals surface area contributed by atoms with Crippen LogP contribution in [0.5, 0.6) is 0 Å². The minimum Gasteiger partial charge on any atom is -0.384 e. The number of ether oxygens (including phenoxy) is 1. The molecule has 0 saturated carbocycles. The van der Waals surface area contributed by atoms with Crippen molar-refractivity contribution in [1.29, 1.82) is 0 Å². The van der Waals surface area contributed by atoms with Gasteiger partial charge in [-0.3, -0.25) is 0 Å². The summed E-state index contributed by atoms with van der Waals surface area (Å²) in [4.78, 5) is 6.88. The highest BCUT2D eigenvalue weighted by Gasteiger charge is 2.21. The number of rotatable bonds is 7. The molecule has 1 N–H and O–H groups in total. The molecule has 0 amide bonds. The van der Waals surface area contributed by atoms with Crippen molar-refractivity contribution < 1.29 is 9.26 Å². The van der Waals surface area contributed by atoms with Gasteiger partial charge in [0, 0.05) is 31.9 Å². The van der Waals surface area contributed by atoms with Crippen LogP contribution in [0.15, 0.2) is 22.7 Å². The van der Waals surface area contributed by atoms with Crippen LogP contribution >= 0.6 is 0 Å². The average Bonchev–Trinajstić information content (AvgIpc) is 3.09. The molecular weight excluding hydrogens is 316 g/mol. The van der Waals surface area contributed by atoms with E-state index in [0.717, 1.165) is 31.8 Å². The second-order valence-corrected chi connectivity index (χ2v) is 6.71. The van der Waals surface area contributed by atoms with Crippen molar-refractivity contribution in [2.75, 3.05) is 31.7 Å². The molecule has 1 fully saturated rings. The second-order valence-electron chi connectivity index (χ2n) is 6.71. The minimum absolute atomic E-state index is 0.502. The molecule has 2 aromatic rings. The lowest BCUT2D eigenvalue weighted by Gasteiger charge is -2.35. The first-order valence-corrected chi connectivity index (χ1v) is 9.02. The van der Waals surface area contributed by atoms with Gasteiger partial charge in [0.05, 0.1) is 19.6 Å². The molecule has 0 unspecified atom stereocenters. The quantitative estimate of drug-likeness (QED) is 0.833. The molecule has 2 heterocycles. The van der Waals surface area contributed by atoms with Crippen LogP contribution in [-0.2, 0) is 17.7 Å². The number of benzene rings is 1. The van der Waals surface area contributed by atoms with Crippen LogP contribution in [0.3, 0.4) is 0 Å². The standard InChI is InChI=1S/C19H28N4O2/c1-14-5-4-6-17(15(14)2)23-10-7-16(8-11-23)20-13-18-21-19(25-22-18)9-12-24-3/h4-6,16,20H,7-13H2,1-3H3. The topological polar surface area (TPSA) is 63.4 Å². The third kappa shape index (κ3) is 4.58. The lowest BCUT2D eigenvalue weighted by molar-refractivity contribution is 0.192. The Hall–Kier alpha value is -1.92. The Kier molecular flexibility index (Phi) is 6.04. The van der Waals surface area contributed by atoms with Gasteiger partial charge in [-0.1, -0.05) is 17.3 Å². The number of anilines is 1. The maximum absolute atomic E-state index is 5.22. The van der Waals surface area contributed by atoms with Crippen LogP contribution < -0.4 is 10.2 Å². The zero-order chi connectivity index (χ0) is 17.6. The van der Waals surface area contributed by atoms with Crippen molar-refractivity contribution in [2.45, 2.75) is 45.7 Å². The average molecular weight is 344 g/mol. The lowest BCUT2D eigenvalue weighted by atomic mass is 10.0. The molecule has 6 heteroatoms. The molecule has 0 atom stereocenters. The van der Waals surface area contributed by atoms with Crippen molar-refractivity contribution in [1.82, 2.24) is 15.5 Å². The van der Waals surface area contributed by atoms with Crippen molar-refractivity contribution in [2.24, 2.45) is 0 Å². The van der Waals surface area contributed by atoms with Gasteiger partial charge in [0.2, 0.25) is 5.89 Å². The van der Waals surface area contributed by atoms with E-state index in [9.17, 15) is 0 Å². The second kappa shape index (κ2) is 8.45. The van der Waals surface area contributed by atoms with E-state index in [1.165, 1.54) is 16.8 Å². The molecule has 1 aliphatic heterocycles. The molecule has 0 bridgehead atoms. The molecule has 3 rings (SSSR count). The van der Waals surface area contributed by atoms with Gasteiger partial charge in [0.15, 0.2) is 5.82 Å². The molecule has 1 aromatic heterocycles. The number of aromatic nitrogens is 2. The molecule has 136 valence electrons. The zero-order valence-corrected chi connectivity index (χ0v) is 15.4. The van der Waals surface area contributed by atoms with Gasteiger partial charge in [-0.05, 0) is 43.9 Å². The Morgan fingerprint density at radius 1 is 1.28 bits per heavy atom. The van der Waals surface area contributed by atoms with Gasteiger partial charge >= 0.3 is 0 Å². The Morgan fingerprint density at radius 2 is 2.08 bits per heavy atom. The SMILES string of the molecule is COCCc1nc(CNC2CCN(c3cccc(C)c3C)CC2)no1. The fraction of sp³-hybridized carbons (Fsp3) is 0.579. The summed E-state index contributed by atoms with van der Waals surface area (Å²) in [7, 11) is 1.67. The van der Waals surface area contributed by atoms with Crippen LogP contribution in [-0.4, -0.2) is 43.0 Å². The third-order valence-electron chi connectivity index (χ3n) is 4.99. The van der Waals surface area contributed by atoms with Crippen molar-refractivity contribution in [3.63, 3.8) is 0 Å². The van der Waals surface area contributed by atoms with Crippen molar-refractivity contribution in [3.8, 4) is 0 Å². The molecular formula is C19H28N4O2. The Bertz CT molecular complexity index is 678. The van der Waals surface area contributed by atoms with E-state index in [4.69, 9.17) is 9.26 Å². The highest BCUT2D eigenvalue weighted by Crippen LogP contribution is 2.25. The number of aryl methyl sites for hydroxylation is 1. The maximum Gasteiger partial charge on any atom is 0.229 e. The van der Waals surface area contributed by atoms with E-state index >= 15 is 0 Å². The molecule has 25 heavy (non-hydrogen) atoms. The molecule has 1 aliphatic rings. The zero-order valence-electron chi connectivity index (χ0n) is 15.4.